The van der Waals surface area contributed by atoms with Crippen LogP contribution in [0, 0.1) is 5.92 Å². The fraction of sp³-hybridized carbons (Fsp3) is 0.522. The quantitative estimate of drug-likeness (QED) is 0.509. The number of aliphatic hydroxyl groups is 1. The third kappa shape index (κ3) is 5.10. The summed E-state index contributed by atoms with van der Waals surface area (Å²) in [6.45, 7) is 10.5. The van der Waals surface area contributed by atoms with Crippen molar-refractivity contribution in [2.24, 2.45) is 5.92 Å². The van der Waals surface area contributed by atoms with Gasteiger partial charge in [0.2, 0.25) is 5.95 Å². The second-order valence-corrected chi connectivity index (χ2v) is 8.85. The molecule has 30 heavy (non-hydrogen) atoms. The number of imidazole rings is 1. The smallest absolute Gasteiger partial charge is 0.225 e. The summed E-state index contributed by atoms with van der Waals surface area (Å²) in [6.07, 6.45) is 4.34. The van der Waals surface area contributed by atoms with Gasteiger partial charge in [-0.15, -0.1) is 0 Å². The number of fused-ring (bicyclic) bond motifs is 1. The first-order valence-corrected chi connectivity index (χ1v) is 11.1. The van der Waals surface area contributed by atoms with E-state index in [1.54, 1.807) is 0 Å². The fourth-order valence-electron chi connectivity index (χ4n) is 3.51. The van der Waals surface area contributed by atoms with E-state index in [1.807, 2.05) is 18.5 Å². The molecule has 0 saturated heterocycles. The lowest BCUT2D eigenvalue weighted by Gasteiger charge is -2.20. The van der Waals surface area contributed by atoms with Crippen LogP contribution in [0.15, 0.2) is 24.5 Å². The molecule has 2 heterocycles. The maximum atomic E-state index is 9.72. The van der Waals surface area contributed by atoms with E-state index in [9.17, 15) is 5.11 Å². The minimum Gasteiger partial charge on any atom is -0.394 e. The number of rotatable bonds is 9. The number of aliphatic hydroxyl groups excluding tert-OH is 1. The summed E-state index contributed by atoms with van der Waals surface area (Å²) >= 11 is 6.30. The van der Waals surface area contributed by atoms with Crippen molar-refractivity contribution in [1.29, 1.82) is 0 Å². The largest absolute Gasteiger partial charge is 0.394 e. The Labute approximate surface area is 183 Å². The average molecular weight is 430 g/mol. The average Bonchev–Trinajstić information content (AvgIpc) is 3.13. The Kier molecular flexibility index (Phi) is 7.32. The molecule has 0 aliphatic heterocycles. The Morgan fingerprint density at radius 2 is 1.80 bits per heavy atom. The maximum Gasteiger partial charge on any atom is 0.225 e. The van der Waals surface area contributed by atoms with E-state index in [4.69, 9.17) is 21.6 Å². The summed E-state index contributed by atoms with van der Waals surface area (Å²) in [4.78, 5) is 14.1. The van der Waals surface area contributed by atoms with Crippen molar-refractivity contribution >= 4 is 28.7 Å². The van der Waals surface area contributed by atoms with E-state index in [1.165, 1.54) is 11.1 Å². The molecule has 0 aliphatic rings. The van der Waals surface area contributed by atoms with Crippen LogP contribution in [0.5, 0.6) is 0 Å². The summed E-state index contributed by atoms with van der Waals surface area (Å²) in [6, 6.07) is 6.37. The van der Waals surface area contributed by atoms with Gasteiger partial charge in [0.1, 0.15) is 5.52 Å². The molecule has 0 bridgehead atoms. The first kappa shape index (κ1) is 22.5. The highest BCUT2D eigenvalue weighted by Gasteiger charge is 2.18. The predicted octanol–water partition coefficient (Wildman–Crippen LogP) is 4.84. The molecule has 1 unspecified atom stereocenters. The molecule has 1 atom stereocenters. The lowest BCUT2D eigenvalue weighted by Crippen LogP contribution is -2.30. The van der Waals surface area contributed by atoms with Crippen molar-refractivity contribution < 1.29 is 5.11 Å². The molecule has 7 heteroatoms. The molecule has 0 spiro atoms. The Balaban J connectivity index is 1.96. The van der Waals surface area contributed by atoms with Crippen molar-refractivity contribution in [3.63, 3.8) is 0 Å². The number of anilines is 1. The predicted molar refractivity (Wildman–Crippen MR) is 123 cm³/mol. The molecule has 0 saturated carbocycles. The molecular weight excluding hydrogens is 398 g/mol. The van der Waals surface area contributed by atoms with E-state index >= 15 is 0 Å². The SMILES string of the molecule is CCc1cc(Cl)cc(CCc2nc(NC(CO)C(C)C)nc3c2ncn3C(C)C)c1. The van der Waals surface area contributed by atoms with Gasteiger partial charge in [0.15, 0.2) is 5.65 Å². The van der Waals surface area contributed by atoms with Crippen molar-refractivity contribution in [3.05, 3.63) is 46.4 Å². The number of aromatic nitrogens is 4. The first-order chi connectivity index (χ1) is 14.3. The fourth-order valence-corrected chi connectivity index (χ4v) is 3.79. The lowest BCUT2D eigenvalue weighted by atomic mass is 10.0. The summed E-state index contributed by atoms with van der Waals surface area (Å²) in [5, 5.41) is 13.8. The highest BCUT2D eigenvalue weighted by atomic mass is 35.5. The van der Waals surface area contributed by atoms with E-state index in [2.05, 4.69) is 55.6 Å². The van der Waals surface area contributed by atoms with Crippen LogP contribution in [0.1, 0.15) is 57.5 Å². The van der Waals surface area contributed by atoms with Gasteiger partial charge in [0, 0.05) is 11.1 Å². The van der Waals surface area contributed by atoms with E-state index in [0.29, 0.717) is 5.95 Å². The van der Waals surface area contributed by atoms with Gasteiger partial charge in [-0.3, -0.25) is 0 Å². The molecule has 0 radical (unpaired) electrons. The number of nitrogens with zero attached hydrogens (tertiary/aromatic N) is 4. The summed E-state index contributed by atoms with van der Waals surface area (Å²) < 4.78 is 2.06. The monoisotopic (exact) mass is 429 g/mol. The van der Waals surface area contributed by atoms with Gasteiger partial charge < -0.3 is 15.0 Å². The molecule has 2 N–H and O–H groups in total. The Morgan fingerprint density at radius 3 is 2.43 bits per heavy atom. The molecule has 0 aliphatic carbocycles. The standard InChI is InChI=1S/C23H32ClN5O/c1-6-16-9-17(11-18(24)10-16)7-8-19-21-22(29(13-25-21)15(4)5)28-23(26-19)27-20(12-30)14(2)3/h9-11,13-15,20,30H,6-8,12H2,1-5H3,(H,26,27,28). The Hall–Kier alpha value is -2.18. The Morgan fingerprint density at radius 1 is 1.07 bits per heavy atom. The van der Waals surface area contributed by atoms with Crippen LogP contribution in [0.4, 0.5) is 5.95 Å². The van der Waals surface area contributed by atoms with Crippen molar-refractivity contribution in [1.82, 2.24) is 19.5 Å². The number of aryl methyl sites for hydroxylation is 3. The van der Waals surface area contributed by atoms with E-state index in [0.717, 1.165) is 41.1 Å². The second-order valence-electron chi connectivity index (χ2n) is 8.41. The minimum absolute atomic E-state index is 0.0279. The van der Waals surface area contributed by atoms with Gasteiger partial charge in [-0.1, -0.05) is 38.4 Å². The molecule has 1 aromatic carbocycles. The van der Waals surface area contributed by atoms with Gasteiger partial charge in [-0.05, 0) is 62.3 Å². The van der Waals surface area contributed by atoms with Crippen LogP contribution < -0.4 is 5.32 Å². The molecule has 3 aromatic rings. The third-order valence-electron chi connectivity index (χ3n) is 5.44. The molecular formula is C23H32ClN5O. The maximum absolute atomic E-state index is 9.72. The van der Waals surface area contributed by atoms with Gasteiger partial charge in [0.25, 0.3) is 0 Å². The molecule has 0 fully saturated rings. The van der Waals surface area contributed by atoms with Crippen LogP contribution in [0.2, 0.25) is 5.02 Å². The van der Waals surface area contributed by atoms with Crippen molar-refractivity contribution in [3.8, 4) is 0 Å². The van der Waals surface area contributed by atoms with Gasteiger partial charge >= 0.3 is 0 Å². The minimum atomic E-state index is -0.106. The van der Waals surface area contributed by atoms with Crippen LogP contribution in [-0.2, 0) is 19.3 Å². The van der Waals surface area contributed by atoms with E-state index in [-0.39, 0.29) is 24.6 Å². The van der Waals surface area contributed by atoms with E-state index < -0.39 is 0 Å². The van der Waals surface area contributed by atoms with Gasteiger partial charge in [0.05, 0.1) is 24.7 Å². The molecule has 3 rings (SSSR count). The number of halogens is 1. The Bertz CT molecular complexity index is 999. The summed E-state index contributed by atoms with van der Waals surface area (Å²) in [7, 11) is 0. The van der Waals surface area contributed by atoms with Crippen LogP contribution in [0.25, 0.3) is 11.2 Å². The first-order valence-electron chi connectivity index (χ1n) is 10.7. The zero-order valence-electron chi connectivity index (χ0n) is 18.5. The third-order valence-corrected chi connectivity index (χ3v) is 5.66. The summed E-state index contributed by atoms with van der Waals surface area (Å²) in [5.41, 5.74) is 4.98. The number of hydrogen-bond acceptors (Lipinski definition) is 5. The number of nitrogens with one attached hydrogen (secondary N) is 1. The highest BCUT2D eigenvalue weighted by Crippen LogP contribution is 2.23. The van der Waals surface area contributed by atoms with Crippen molar-refractivity contribution in [2.75, 3.05) is 11.9 Å². The molecule has 162 valence electrons. The lowest BCUT2D eigenvalue weighted by molar-refractivity contribution is 0.248. The number of benzene rings is 1. The van der Waals surface area contributed by atoms with Gasteiger partial charge in [-0.2, -0.15) is 4.98 Å². The normalized spacial score (nSPS) is 12.8. The number of hydrogen-bond donors (Lipinski definition) is 2. The second kappa shape index (κ2) is 9.75. The zero-order chi connectivity index (χ0) is 21.8. The van der Waals surface area contributed by atoms with Gasteiger partial charge in [-0.25, -0.2) is 9.97 Å². The van der Waals surface area contributed by atoms with Crippen LogP contribution in [0.3, 0.4) is 0 Å². The highest BCUT2D eigenvalue weighted by molar-refractivity contribution is 6.30. The topological polar surface area (TPSA) is 75.9 Å². The molecule has 0 amide bonds. The molecule has 2 aromatic heterocycles. The van der Waals surface area contributed by atoms with Crippen LogP contribution in [-0.4, -0.2) is 37.3 Å². The summed E-state index contributed by atoms with van der Waals surface area (Å²) in [5.74, 6) is 0.791. The van der Waals surface area contributed by atoms with Crippen molar-refractivity contribution in [2.45, 2.75) is 66.0 Å². The zero-order valence-corrected chi connectivity index (χ0v) is 19.2. The van der Waals surface area contributed by atoms with Crippen LogP contribution >= 0.6 is 11.6 Å². The molecule has 6 nitrogen and oxygen atoms in total.